The highest BCUT2D eigenvalue weighted by molar-refractivity contribution is 7.18. The number of benzene rings is 1. The van der Waals surface area contributed by atoms with Crippen molar-refractivity contribution in [3.63, 3.8) is 0 Å². The average molecular weight is 264 g/mol. The third kappa shape index (κ3) is 3.70. The molecule has 3 N–H and O–H groups in total. The maximum absolute atomic E-state index is 11.5. The second-order valence-electron chi connectivity index (χ2n) is 3.41. The predicted octanol–water partition coefficient (Wildman–Crippen LogP) is 1.53. The summed E-state index contributed by atoms with van der Waals surface area (Å²) in [7, 11) is 0. The SMILES string of the molecule is Nc1nnc(NC(=O)CCOc2ccccc2)s1. The van der Waals surface area contributed by atoms with Crippen molar-refractivity contribution in [3.05, 3.63) is 30.3 Å². The Hall–Kier alpha value is -2.15. The molecule has 2 rings (SSSR count). The number of nitrogens with one attached hydrogen (secondary N) is 1. The fourth-order valence-corrected chi connectivity index (χ4v) is 1.77. The van der Waals surface area contributed by atoms with Gasteiger partial charge in [-0.2, -0.15) is 0 Å². The van der Waals surface area contributed by atoms with Crippen LogP contribution in [0.15, 0.2) is 30.3 Å². The number of amides is 1. The summed E-state index contributed by atoms with van der Waals surface area (Å²) in [5, 5.41) is 10.6. The minimum Gasteiger partial charge on any atom is -0.493 e. The molecule has 1 amide bonds. The molecular weight excluding hydrogens is 252 g/mol. The highest BCUT2D eigenvalue weighted by Gasteiger charge is 2.06. The van der Waals surface area contributed by atoms with Crippen LogP contribution in [0.5, 0.6) is 5.75 Å². The standard InChI is InChI=1S/C11H12N4O2S/c12-10-14-15-11(18-10)13-9(16)6-7-17-8-4-2-1-3-5-8/h1-5H,6-7H2,(H2,12,14)(H,13,15,16). The van der Waals surface area contributed by atoms with E-state index < -0.39 is 0 Å². The molecule has 1 heterocycles. The maximum atomic E-state index is 11.5. The van der Waals surface area contributed by atoms with E-state index in [1.54, 1.807) is 0 Å². The van der Waals surface area contributed by atoms with Crippen molar-refractivity contribution in [1.82, 2.24) is 10.2 Å². The van der Waals surface area contributed by atoms with Crippen molar-refractivity contribution >= 4 is 27.5 Å². The Bertz CT molecular complexity index is 515. The Morgan fingerprint density at radius 1 is 1.33 bits per heavy atom. The molecule has 0 unspecified atom stereocenters. The van der Waals surface area contributed by atoms with Gasteiger partial charge in [0.05, 0.1) is 13.0 Å². The summed E-state index contributed by atoms with van der Waals surface area (Å²) in [6.45, 7) is 0.310. The quantitative estimate of drug-likeness (QED) is 0.854. The van der Waals surface area contributed by atoms with E-state index in [2.05, 4.69) is 15.5 Å². The molecule has 0 aliphatic carbocycles. The molecule has 94 valence electrons. The highest BCUT2D eigenvalue weighted by Crippen LogP contribution is 2.16. The molecule has 0 fully saturated rings. The van der Waals surface area contributed by atoms with Crippen LogP contribution < -0.4 is 15.8 Å². The number of rotatable bonds is 5. The van der Waals surface area contributed by atoms with Gasteiger partial charge in [0.2, 0.25) is 16.2 Å². The van der Waals surface area contributed by atoms with Crippen LogP contribution in [-0.4, -0.2) is 22.7 Å². The van der Waals surface area contributed by atoms with Gasteiger partial charge >= 0.3 is 0 Å². The summed E-state index contributed by atoms with van der Waals surface area (Å²) in [6, 6.07) is 9.32. The minimum absolute atomic E-state index is 0.179. The number of hydrogen-bond donors (Lipinski definition) is 2. The van der Waals surface area contributed by atoms with Crippen molar-refractivity contribution in [1.29, 1.82) is 0 Å². The topological polar surface area (TPSA) is 90.1 Å². The largest absolute Gasteiger partial charge is 0.493 e. The molecule has 0 saturated heterocycles. The molecule has 0 spiro atoms. The zero-order valence-corrected chi connectivity index (χ0v) is 10.3. The van der Waals surface area contributed by atoms with Gasteiger partial charge < -0.3 is 15.8 Å². The number of carbonyl (C=O) groups is 1. The third-order valence-corrected chi connectivity index (χ3v) is 2.70. The lowest BCUT2D eigenvalue weighted by Gasteiger charge is -2.05. The average Bonchev–Trinajstić information content (AvgIpc) is 2.76. The van der Waals surface area contributed by atoms with Gasteiger partial charge in [0.25, 0.3) is 0 Å². The summed E-state index contributed by atoms with van der Waals surface area (Å²) in [6.07, 6.45) is 0.244. The van der Waals surface area contributed by atoms with E-state index in [1.165, 1.54) is 0 Å². The van der Waals surface area contributed by atoms with Gasteiger partial charge in [0.15, 0.2) is 0 Å². The normalized spacial score (nSPS) is 10.0. The van der Waals surface area contributed by atoms with Gasteiger partial charge in [-0.1, -0.05) is 29.5 Å². The van der Waals surface area contributed by atoms with E-state index in [1.807, 2.05) is 30.3 Å². The summed E-state index contributed by atoms with van der Waals surface area (Å²) in [5.41, 5.74) is 5.40. The number of aromatic nitrogens is 2. The summed E-state index contributed by atoms with van der Waals surface area (Å²) in [5.74, 6) is 0.563. The number of nitrogen functional groups attached to an aromatic ring is 1. The van der Waals surface area contributed by atoms with E-state index in [0.717, 1.165) is 17.1 Å². The lowest BCUT2D eigenvalue weighted by atomic mass is 10.3. The Labute approximate surface area is 108 Å². The fourth-order valence-electron chi connectivity index (χ4n) is 1.25. The van der Waals surface area contributed by atoms with Crippen LogP contribution in [0.1, 0.15) is 6.42 Å². The molecule has 0 atom stereocenters. The highest BCUT2D eigenvalue weighted by atomic mass is 32.1. The minimum atomic E-state index is -0.179. The maximum Gasteiger partial charge on any atom is 0.229 e. The van der Waals surface area contributed by atoms with Crippen LogP contribution in [-0.2, 0) is 4.79 Å². The molecule has 1 aromatic heterocycles. The Kier molecular flexibility index (Phi) is 4.08. The molecule has 1 aromatic carbocycles. The van der Waals surface area contributed by atoms with Crippen LogP contribution in [0.25, 0.3) is 0 Å². The van der Waals surface area contributed by atoms with Crippen LogP contribution in [0.2, 0.25) is 0 Å². The van der Waals surface area contributed by atoms with Gasteiger partial charge in [-0.25, -0.2) is 0 Å². The van der Waals surface area contributed by atoms with Gasteiger partial charge in [0, 0.05) is 0 Å². The van der Waals surface area contributed by atoms with Crippen molar-refractivity contribution in [2.24, 2.45) is 0 Å². The number of hydrogen-bond acceptors (Lipinski definition) is 6. The van der Waals surface area contributed by atoms with E-state index in [0.29, 0.717) is 16.9 Å². The third-order valence-electron chi connectivity index (χ3n) is 2.03. The molecule has 0 saturated carbocycles. The van der Waals surface area contributed by atoms with Crippen molar-refractivity contribution in [2.45, 2.75) is 6.42 Å². The molecule has 2 aromatic rings. The molecule has 7 heteroatoms. The zero-order chi connectivity index (χ0) is 12.8. The zero-order valence-electron chi connectivity index (χ0n) is 9.50. The summed E-state index contributed by atoms with van der Waals surface area (Å²) < 4.78 is 5.40. The molecule has 0 bridgehead atoms. The Balaban J connectivity index is 1.72. The molecule has 0 radical (unpaired) electrons. The van der Waals surface area contributed by atoms with Gasteiger partial charge in [0.1, 0.15) is 5.75 Å². The molecule has 18 heavy (non-hydrogen) atoms. The van der Waals surface area contributed by atoms with Crippen molar-refractivity contribution in [3.8, 4) is 5.75 Å². The van der Waals surface area contributed by atoms with Crippen molar-refractivity contribution < 1.29 is 9.53 Å². The summed E-state index contributed by atoms with van der Waals surface area (Å²) >= 11 is 1.13. The van der Waals surface area contributed by atoms with E-state index in [-0.39, 0.29) is 12.3 Å². The van der Waals surface area contributed by atoms with Gasteiger partial charge in [-0.05, 0) is 12.1 Å². The number of nitrogens with two attached hydrogens (primary N) is 1. The monoisotopic (exact) mass is 264 g/mol. The lowest BCUT2D eigenvalue weighted by molar-refractivity contribution is -0.116. The second-order valence-corrected chi connectivity index (χ2v) is 4.41. The Morgan fingerprint density at radius 3 is 2.78 bits per heavy atom. The number of nitrogens with zero attached hydrogens (tertiary/aromatic N) is 2. The fraction of sp³-hybridized carbons (Fsp3) is 0.182. The van der Waals surface area contributed by atoms with Crippen LogP contribution in [0.4, 0.5) is 10.3 Å². The summed E-state index contributed by atoms with van der Waals surface area (Å²) in [4.78, 5) is 11.5. The van der Waals surface area contributed by atoms with Crippen molar-refractivity contribution in [2.75, 3.05) is 17.7 Å². The van der Waals surface area contributed by atoms with Crippen LogP contribution in [0.3, 0.4) is 0 Å². The van der Waals surface area contributed by atoms with Crippen LogP contribution in [0, 0.1) is 0 Å². The predicted molar refractivity (Wildman–Crippen MR) is 69.5 cm³/mol. The van der Waals surface area contributed by atoms with E-state index in [4.69, 9.17) is 10.5 Å². The van der Waals surface area contributed by atoms with Gasteiger partial charge in [-0.15, -0.1) is 10.2 Å². The lowest BCUT2D eigenvalue weighted by Crippen LogP contribution is -2.15. The molecule has 6 nitrogen and oxygen atoms in total. The van der Waals surface area contributed by atoms with Crippen LogP contribution >= 0.6 is 11.3 Å². The second kappa shape index (κ2) is 5.97. The first kappa shape index (κ1) is 12.3. The molecule has 0 aliphatic heterocycles. The number of carbonyl (C=O) groups excluding carboxylic acids is 1. The number of para-hydroxylation sites is 1. The Morgan fingerprint density at radius 2 is 2.11 bits per heavy atom. The first-order chi connectivity index (χ1) is 8.74. The van der Waals surface area contributed by atoms with E-state index >= 15 is 0 Å². The van der Waals surface area contributed by atoms with Gasteiger partial charge in [-0.3, -0.25) is 4.79 Å². The number of anilines is 2. The smallest absolute Gasteiger partial charge is 0.229 e. The van der Waals surface area contributed by atoms with E-state index in [9.17, 15) is 4.79 Å². The number of ether oxygens (including phenoxy) is 1. The molecule has 0 aliphatic rings. The molecular formula is C11H12N4O2S. The first-order valence-corrected chi connectivity index (χ1v) is 6.12. The first-order valence-electron chi connectivity index (χ1n) is 5.31.